The van der Waals surface area contributed by atoms with Crippen LogP contribution in [0.4, 0.5) is 0 Å². The zero-order valence-corrected chi connectivity index (χ0v) is 18.5. The third kappa shape index (κ3) is 5.48. The number of aromatic hydroxyl groups is 2. The van der Waals surface area contributed by atoms with Crippen LogP contribution in [0.25, 0.3) is 17.1 Å². The number of phenols is 2. The van der Waals surface area contributed by atoms with Gasteiger partial charge >= 0.3 is 0 Å². The van der Waals surface area contributed by atoms with E-state index in [1.54, 1.807) is 30.6 Å². The van der Waals surface area contributed by atoms with Gasteiger partial charge in [0.25, 0.3) is 5.91 Å². The van der Waals surface area contributed by atoms with Crippen molar-refractivity contribution in [3.63, 3.8) is 0 Å². The van der Waals surface area contributed by atoms with E-state index in [0.717, 1.165) is 11.3 Å². The normalized spacial score (nSPS) is 11.1. The molecule has 0 aliphatic heterocycles. The Bertz CT molecular complexity index is 1300. The maximum absolute atomic E-state index is 12.3. The molecule has 33 heavy (non-hydrogen) atoms. The van der Waals surface area contributed by atoms with E-state index in [1.807, 2.05) is 28.8 Å². The van der Waals surface area contributed by atoms with Gasteiger partial charge in [0, 0.05) is 28.7 Å². The minimum Gasteiger partial charge on any atom is -0.504 e. The van der Waals surface area contributed by atoms with Crippen LogP contribution in [0.15, 0.2) is 77.2 Å². The van der Waals surface area contributed by atoms with Crippen molar-refractivity contribution < 1.29 is 15.0 Å². The second-order valence-corrected chi connectivity index (χ2v) is 8.06. The molecule has 0 spiro atoms. The van der Waals surface area contributed by atoms with Crippen molar-refractivity contribution in [2.24, 2.45) is 5.10 Å². The molecule has 0 fully saturated rings. The highest BCUT2D eigenvalue weighted by Gasteiger charge is 2.17. The second-order valence-electron chi connectivity index (χ2n) is 6.68. The molecule has 4 rings (SSSR count). The predicted molar refractivity (Wildman–Crippen MR) is 126 cm³/mol. The second kappa shape index (κ2) is 10.2. The summed E-state index contributed by atoms with van der Waals surface area (Å²) >= 11 is 7.24. The van der Waals surface area contributed by atoms with E-state index in [4.69, 9.17) is 11.6 Å². The van der Waals surface area contributed by atoms with E-state index < -0.39 is 0 Å². The Morgan fingerprint density at radius 2 is 1.82 bits per heavy atom. The molecule has 4 aromatic rings. The molecule has 166 valence electrons. The molecule has 0 saturated carbocycles. The predicted octanol–water partition coefficient (Wildman–Crippen LogP) is 3.64. The van der Waals surface area contributed by atoms with Crippen LogP contribution in [0.5, 0.6) is 11.5 Å². The molecule has 2 aromatic carbocycles. The fraction of sp³-hybridized carbons (Fsp3) is 0.0455. The first kappa shape index (κ1) is 22.3. The summed E-state index contributed by atoms with van der Waals surface area (Å²) in [5.74, 6) is -0.209. The zero-order valence-electron chi connectivity index (χ0n) is 17.0. The number of amides is 1. The number of benzene rings is 2. The summed E-state index contributed by atoms with van der Waals surface area (Å²) in [4.78, 5) is 16.3. The van der Waals surface area contributed by atoms with E-state index in [-0.39, 0.29) is 23.2 Å². The molecular formula is C22H17ClN6O3S. The van der Waals surface area contributed by atoms with E-state index in [2.05, 4.69) is 25.7 Å². The molecule has 0 atom stereocenters. The van der Waals surface area contributed by atoms with E-state index >= 15 is 0 Å². The van der Waals surface area contributed by atoms with Crippen molar-refractivity contribution in [2.45, 2.75) is 5.16 Å². The number of nitrogens with zero attached hydrogens (tertiary/aromatic N) is 5. The molecule has 11 heteroatoms. The Kier molecular flexibility index (Phi) is 6.86. The van der Waals surface area contributed by atoms with Gasteiger partial charge in [-0.1, -0.05) is 23.4 Å². The zero-order chi connectivity index (χ0) is 23.2. The summed E-state index contributed by atoms with van der Waals surface area (Å²) in [7, 11) is 0. The molecule has 0 radical (unpaired) electrons. The van der Waals surface area contributed by atoms with Gasteiger partial charge in [-0.3, -0.25) is 14.3 Å². The number of nitrogens with one attached hydrogen (secondary N) is 1. The lowest BCUT2D eigenvalue weighted by Crippen LogP contribution is -2.20. The average Bonchev–Trinajstić information content (AvgIpc) is 3.25. The van der Waals surface area contributed by atoms with Gasteiger partial charge in [0.1, 0.15) is 0 Å². The number of carbonyl (C=O) groups excluding carboxylic acids is 1. The van der Waals surface area contributed by atoms with Gasteiger partial charge < -0.3 is 10.2 Å². The SMILES string of the molecule is O=C(CSc1nnc(-c2ccncc2)n1-c1ccc(Cl)cc1)N/N=C\c1ccc(O)c(O)c1. The smallest absolute Gasteiger partial charge is 0.250 e. The maximum atomic E-state index is 12.3. The van der Waals surface area contributed by atoms with Crippen LogP contribution in [0.3, 0.4) is 0 Å². The number of hydrogen-bond donors (Lipinski definition) is 3. The van der Waals surface area contributed by atoms with Crippen LogP contribution >= 0.6 is 23.4 Å². The van der Waals surface area contributed by atoms with Gasteiger partial charge in [0.15, 0.2) is 22.5 Å². The number of rotatable bonds is 7. The third-order valence-electron chi connectivity index (χ3n) is 4.39. The number of pyridine rings is 1. The van der Waals surface area contributed by atoms with Crippen LogP contribution in [0.2, 0.25) is 5.02 Å². The van der Waals surface area contributed by atoms with Crippen molar-refractivity contribution in [3.8, 4) is 28.6 Å². The lowest BCUT2D eigenvalue weighted by Gasteiger charge is -2.10. The van der Waals surface area contributed by atoms with Gasteiger partial charge in [0.05, 0.1) is 12.0 Å². The van der Waals surface area contributed by atoms with E-state index in [1.165, 1.54) is 30.1 Å². The lowest BCUT2D eigenvalue weighted by molar-refractivity contribution is -0.118. The highest BCUT2D eigenvalue weighted by Crippen LogP contribution is 2.28. The van der Waals surface area contributed by atoms with Crippen molar-refractivity contribution in [1.29, 1.82) is 0 Å². The van der Waals surface area contributed by atoms with Crippen molar-refractivity contribution in [3.05, 3.63) is 77.6 Å². The first-order valence-corrected chi connectivity index (χ1v) is 11.0. The Labute approximate surface area is 197 Å². The Hall–Kier alpha value is -3.89. The molecule has 9 nitrogen and oxygen atoms in total. The van der Waals surface area contributed by atoms with E-state index in [0.29, 0.717) is 21.6 Å². The highest BCUT2D eigenvalue weighted by molar-refractivity contribution is 7.99. The maximum Gasteiger partial charge on any atom is 0.250 e. The van der Waals surface area contributed by atoms with Gasteiger partial charge in [-0.15, -0.1) is 10.2 Å². The summed E-state index contributed by atoms with van der Waals surface area (Å²) < 4.78 is 1.84. The first-order chi connectivity index (χ1) is 16.0. The Balaban J connectivity index is 1.49. The van der Waals surface area contributed by atoms with E-state index in [9.17, 15) is 15.0 Å². The van der Waals surface area contributed by atoms with Crippen LogP contribution < -0.4 is 5.43 Å². The van der Waals surface area contributed by atoms with Crippen LogP contribution in [0, 0.1) is 0 Å². The first-order valence-electron chi connectivity index (χ1n) is 9.60. The number of phenolic OH excluding ortho intramolecular Hbond substituents is 2. The van der Waals surface area contributed by atoms with Gasteiger partial charge in [0.2, 0.25) is 0 Å². The molecule has 0 aliphatic rings. The monoisotopic (exact) mass is 480 g/mol. The highest BCUT2D eigenvalue weighted by atomic mass is 35.5. The molecule has 2 aromatic heterocycles. The lowest BCUT2D eigenvalue weighted by atomic mass is 10.2. The number of carbonyl (C=O) groups is 1. The fourth-order valence-electron chi connectivity index (χ4n) is 2.84. The van der Waals surface area contributed by atoms with Gasteiger partial charge in [-0.05, 0) is 60.2 Å². The topological polar surface area (TPSA) is 126 Å². The van der Waals surface area contributed by atoms with Crippen molar-refractivity contribution in [2.75, 3.05) is 5.75 Å². The minimum absolute atomic E-state index is 0.0419. The quantitative estimate of drug-likeness (QED) is 0.159. The third-order valence-corrected chi connectivity index (χ3v) is 5.57. The minimum atomic E-state index is -0.352. The fourth-order valence-corrected chi connectivity index (χ4v) is 3.71. The largest absolute Gasteiger partial charge is 0.504 e. The van der Waals surface area contributed by atoms with Crippen molar-refractivity contribution >= 4 is 35.5 Å². The molecule has 0 saturated heterocycles. The summed E-state index contributed by atoms with van der Waals surface area (Å²) in [6.07, 6.45) is 4.70. The number of hydrogen-bond acceptors (Lipinski definition) is 8. The summed E-state index contributed by atoms with van der Waals surface area (Å²) in [5.41, 5.74) is 4.56. The Morgan fingerprint density at radius 1 is 1.06 bits per heavy atom. The molecule has 3 N–H and O–H groups in total. The number of aromatic nitrogens is 4. The number of halogens is 1. The van der Waals surface area contributed by atoms with Crippen LogP contribution in [-0.4, -0.2) is 47.8 Å². The number of thioether (sulfide) groups is 1. The average molecular weight is 481 g/mol. The summed E-state index contributed by atoms with van der Waals surface area (Å²) in [6, 6.07) is 15.1. The van der Waals surface area contributed by atoms with Crippen LogP contribution in [-0.2, 0) is 4.79 Å². The Morgan fingerprint density at radius 3 is 2.55 bits per heavy atom. The summed E-state index contributed by atoms with van der Waals surface area (Å²) in [6.45, 7) is 0. The molecule has 0 bridgehead atoms. The molecular weight excluding hydrogens is 464 g/mol. The van der Waals surface area contributed by atoms with Crippen LogP contribution in [0.1, 0.15) is 5.56 Å². The van der Waals surface area contributed by atoms with Crippen molar-refractivity contribution in [1.82, 2.24) is 25.2 Å². The van der Waals surface area contributed by atoms with Gasteiger partial charge in [-0.25, -0.2) is 5.43 Å². The summed E-state index contributed by atoms with van der Waals surface area (Å²) in [5, 5.41) is 32.4. The molecule has 0 aliphatic carbocycles. The molecule has 1 amide bonds. The molecule has 0 unspecified atom stereocenters. The molecule has 2 heterocycles. The standard InChI is InChI=1S/C22H17ClN6O3S/c23-16-2-4-17(5-3-16)29-21(15-7-9-24-10-8-15)27-28-22(29)33-13-20(32)26-25-12-14-1-6-18(30)19(31)11-14/h1-12,30-31H,13H2,(H,26,32)/b25-12-. The van der Waals surface area contributed by atoms with Gasteiger partial charge in [-0.2, -0.15) is 5.10 Å². The number of hydrazone groups is 1.